The number of nitrogens with zero attached hydrogens (tertiary/aromatic N) is 2. The number of benzene rings is 1. The minimum Gasteiger partial charge on any atom is -0.494 e. The number of hydrogen-bond acceptors (Lipinski definition) is 4. The van der Waals surface area contributed by atoms with Crippen molar-refractivity contribution in [1.82, 2.24) is 15.5 Å². The van der Waals surface area contributed by atoms with E-state index in [4.69, 9.17) is 9.15 Å². The highest BCUT2D eigenvalue weighted by molar-refractivity contribution is 14.0. The zero-order chi connectivity index (χ0) is 20.5. The first-order valence-corrected chi connectivity index (χ1v) is 9.02. The summed E-state index contributed by atoms with van der Waals surface area (Å²) < 4.78 is 23.9. The first-order chi connectivity index (χ1) is 13.5. The summed E-state index contributed by atoms with van der Waals surface area (Å²) in [6, 6.07) is 6.63. The Labute approximate surface area is 187 Å². The molecular formula is C20H28FIN4O3. The van der Waals surface area contributed by atoms with Crippen LogP contribution in [0.25, 0.3) is 0 Å². The molecular weight excluding hydrogens is 490 g/mol. The topological polar surface area (TPSA) is 79.1 Å². The molecule has 0 radical (unpaired) electrons. The lowest BCUT2D eigenvalue weighted by Crippen LogP contribution is -2.39. The smallest absolute Gasteiger partial charge is 0.287 e. The lowest BCUT2D eigenvalue weighted by molar-refractivity contribution is 0.0925. The predicted octanol–water partition coefficient (Wildman–Crippen LogP) is 3.18. The van der Waals surface area contributed by atoms with Gasteiger partial charge >= 0.3 is 0 Å². The Morgan fingerprint density at radius 2 is 2.00 bits per heavy atom. The van der Waals surface area contributed by atoms with Gasteiger partial charge in [-0.25, -0.2) is 4.39 Å². The van der Waals surface area contributed by atoms with Crippen LogP contribution in [0.2, 0.25) is 0 Å². The molecule has 29 heavy (non-hydrogen) atoms. The van der Waals surface area contributed by atoms with E-state index in [0.29, 0.717) is 31.4 Å². The van der Waals surface area contributed by atoms with E-state index in [-0.39, 0.29) is 41.5 Å². The Hall–Kier alpha value is -2.30. The summed E-state index contributed by atoms with van der Waals surface area (Å²) in [5.41, 5.74) is 1.62. The summed E-state index contributed by atoms with van der Waals surface area (Å²) in [5, 5.41) is 6.05. The standard InChI is InChI=1S/C20H27FN4O3.HI/c1-14-8-11-28-18(14)19(26)23-9-5-10-24-20(22-2)25(3)13-15-6-7-17(27-4)16(21)12-15;/h6-8,11-12H,5,9-10,13H2,1-4H3,(H,22,24)(H,23,26);1H. The summed E-state index contributed by atoms with van der Waals surface area (Å²) in [6.07, 6.45) is 2.22. The third kappa shape index (κ3) is 7.22. The Bertz CT molecular complexity index is 826. The summed E-state index contributed by atoms with van der Waals surface area (Å²) in [4.78, 5) is 18.1. The largest absolute Gasteiger partial charge is 0.494 e. The number of hydrogen-bond donors (Lipinski definition) is 2. The van der Waals surface area contributed by atoms with Gasteiger partial charge in [0.15, 0.2) is 23.3 Å². The van der Waals surface area contributed by atoms with Gasteiger partial charge in [-0.3, -0.25) is 9.79 Å². The van der Waals surface area contributed by atoms with E-state index in [0.717, 1.165) is 17.5 Å². The molecule has 2 aromatic rings. The molecule has 1 aromatic carbocycles. The molecule has 9 heteroatoms. The minimum absolute atomic E-state index is 0. The molecule has 2 N–H and O–H groups in total. The maximum atomic E-state index is 13.8. The number of methoxy groups -OCH3 is 1. The first-order valence-electron chi connectivity index (χ1n) is 9.02. The molecule has 0 saturated heterocycles. The summed E-state index contributed by atoms with van der Waals surface area (Å²) in [6.45, 7) is 3.46. The van der Waals surface area contributed by atoms with Crippen molar-refractivity contribution in [2.75, 3.05) is 34.3 Å². The van der Waals surface area contributed by atoms with Crippen LogP contribution in [0.15, 0.2) is 39.9 Å². The van der Waals surface area contributed by atoms with Gasteiger partial charge in [0.25, 0.3) is 5.91 Å². The van der Waals surface area contributed by atoms with Crippen molar-refractivity contribution in [3.05, 3.63) is 53.2 Å². The number of halogens is 2. The molecule has 7 nitrogen and oxygen atoms in total. The first kappa shape index (κ1) is 24.7. The zero-order valence-electron chi connectivity index (χ0n) is 17.1. The van der Waals surface area contributed by atoms with Gasteiger partial charge < -0.3 is 24.7 Å². The highest BCUT2D eigenvalue weighted by Crippen LogP contribution is 2.18. The van der Waals surface area contributed by atoms with E-state index in [2.05, 4.69) is 15.6 Å². The van der Waals surface area contributed by atoms with Crippen LogP contribution in [0.5, 0.6) is 5.75 Å². The van der Waals surface area contributed by atoms with Gasteiger partial charge in [-0.1, -0.05) is 6.07 Å². The van der Waals surface area contributed by atoms with Gasteiger partial charge in [0, 0.05) is 39.3 Å². The van der Waals surface area contributed by atoms with Crippen molar-refractivity contribution in [2.24, 2.45) is 4.99 Å². The van der Waals surface area contributed by atoms with E-state index in [1.807, 2.05) is 24.9 Å². The molecule has 2 rings (SSSR count). The van der Waals surface area contributed by atoms with Crippen LogP contribution >= 0.6 is 24.0 Å². The third-order valence-corrected chi connectivity index (χ3v) is 4.20. The molecule has 0 aliphatic heterocycles. The van der Waals surface area contributed by atoms with Crippen LogP contribution in [0, 0.1) is 12.7 Å². The monoisotopic (exact) mass is 518 g/mol. The van der Waals surface area contributed by atoms with Crippen LogP contribution in [0.1, 0.15) is 28.1 Å². The molecule has 0 atom stereocenters. The third-order valence-electron chi connectivity index (χ3n) is 4.20. The molecule has 0 spiro atoms. The number of ether oxygens (including phenoxy) is 1. The molecule has 1 aromatic heterocycles. The van der Waals surface area contributed by atoms with Crippen molar-refractivity contribution < 1.29 is 18.3 Å². The molecule has 1 amide bonds. The fourth-order valence-electron chi connectivity index (χ4n) is 2.72. The lowest BCUT2D eigenvalue weighted by Gasteiger charge is -2.22. The van der Waals surface area contributed by atoms with Gasteiger partial charge in [-0.2, -0.15) is 0 Å². The van der Waals surface area contributed by atoms with E-state index < -0.39 is 0 Å². The molecule has 0 saturated carbocycles. The molecule has 0 aliphatic rings. The van der Waals surface area contributed by atoms with E-state index >= 15 is 0 Å². The second-order valence-corrected chi connectivity index (χ2v) is 6.34. The van der Waals surface area contributed by atoms with Crippen LogP contribution in [0.4, 0.5) is 4.39 Å². The number of carbonyl (C=O) groups is 1. The normalized spacial score (nSPS) is 10.9. The van der Waals surface area contributed by atoms with E-state index in [9.17, 15) is 9.18 Å². The Balaban J connectivity index is 0.00000420. The van der Waals surface area contributed by atoms with E-state index in [1.54, 1.807) is 19.2 Å². The Kier molecular flexibility index (Phi) is 10.5. The van der Waals surface area contributed by atoms with Crippen molar-refractivity contribution in [3.63, 3.8) is 0 Å². The quantitative estimate of drug-likeness (QED) is 0.243. The predicted molar refractivity (Wildman–Crippen MR) is 122 cm³/mol. The van der Waals surface area contributed by atoms with Crippen molar-refractivity contribution in [2.45, 2.75) is 19.9 Å². The fourth-order valence-corrected chi connectivity index (χ4v) is 2.72. The summed E-state index contributed by atoms with van der Waals surface area (Å²) >= 11 is 0. The SMILES string of the molecule is CN=C(NCCCNC(=O)c1occc1C)N(C)Cc1ccc(OC)c(F)c1.I. The molecule has 0 unspecified atom stereocenters. The number of furan rings is 1. The maximum Gasteiger partial charge on any atom is 0.287 e. The van der Waals surface area contributed by atoms with Gasteiger partial charge in [0.1, 0.15) is 0 Å². The van der Waals surface area contributed by atoms with Crippen LogP contribution in [-0.2, 0) is 6.54 Å². The number of aliphatic imine (C=N–C) groups is 1. The average Bonchev–Trinajstić information content (AvgIpc) is 3.10. The van der Waals surface area contributed by atoms with Gasteiger partial charge in [-0.05, 0) is 37.1 Å². The second kappa shape index (κ2) is 12.3. The average molecular weight is 518 g/mol. The summed E-state index contributed by atoms with van der Waals surface area (Å²) in [5.74, 6) is 0.643. The van der Waals surface area contributed by atoms with Gasteiger partial charge in [-0.15, -0.1) is 24.0 Å². The lowest BCUT2D eigenvalue weighted by atomic mass is 10.2. The number of guanidine groups is 1. The molecule has 1 heterocycles. The van der Waals surface area contributed by atoms with Crippen LogP contribution < -0.4 is 15.4 Å². The summed E-state index contributed by atoms with van der Waals surface area (Å²) in [7, 11) is 5.00. The molecule has 0 aliphatic carbocycles. The number of aryl methyl sites for hydroxylation is 1. The number of rotatable bonds is 8. The number of carbonyl (C=O) groups excluding carboxylic acids is 1. The Morgan fingerprint density at radius 3 is 2.59 bits per heavy atom. The van der Waals surface area contributed by atoms with Crippen LogP contribution in [0.3, 0.4) is 0 Å². The zero-order valence-corrected chi connectivity index (χ0v) is 19.5. The molecule has 160 valence electrons. The van der Waals surface area contributed by atoms with Gasteiger partial charge in [0.2, 0.25) is 0 Å². The molecule has 0 bridgehead atoms. The Morgan fingerprint density at radius 1 is 1.28 bits per heavy atom. The molecule has 0 fully saturated rings. The highest BCUT2D eigenvalue weighted by Gasteiger charge is 2.12. The van der Waals surface area contributed by atoms with Crippen molar-refractivity contribution in [1.29, 1.82) is 0 Å². The van der Waals surface area contributed by atoms with Crippen molar-refractivity contribution in [3.8, 4) is 5.75 Å². The van der Waals surface area contributed by atoms with Crippen molar-refractivity contribution >= 4 is 35.8 Å². The van der Waals surface area contributed by atoms with Gasteiger partial charge in [0.05, 0.1) is 13.4 Å². The fraction of sp³-hybridized carbons (Fsp3) is 0.400. The minimum atomic E-state index is -0.390. The highest BCUT2D eigenvalue weighted by atomic mass is 127. The second-order valence-electron chi connectivity index (χ2n) is 6.34. The number of amides is 1. The maximum absolute atomic E-state index is 13.8. The van der Waals surface area contributed by atoms with E-state index in [1.165, 1.54) is 19.4 Å². The van der Waals surface area contributed by atoms with Crippen LogP contribution in [-0.4, -0.2) is 51.1 Å². The number of nitrogens with one attached hydrogen (secondary N) is 2.